The van der Waals surface area contributed by atoms with Gasteiger partial charge in [0.05, 0.1) is 11.5 Å². The van der Waals surface area contributed by atoms with E-state index in [4.69, 9.17) is 0 Å². The second-order valence-electron chi connectivity index (χ2n) is 4.07. The molecule has 5 heteroatoms. The first kappa shape index (κ1) is 11.5. The predicted molar refractivity (Wildman–Crippen MR) is 58.7 cm³/mol. The molecule has 0 aliphatic heterocycles. The highest BCUT2D eigenvalue weighted by Crippen LogP contribution is 2.46. The lowest BCUT2D eigenvalue weighted by atomic mass is 9.63. The molecule has 2 rings (SSSR count). The number of hydrogen-bond acceptors (Lipinski definition) is 2. The third-order valence-corrected chi connectivity index (χ3v) is 3.71. The summed E-state index contributed by atoms with van der Waals surface area (Å²) >= 11 is 3.22. The highest BCUT2D eigenvalue weighted by molar-refractivity contribution is 9.10. The smallest absolute Gasteiger partial charge is 0.314 e. The van der Waals surface area contributed by atoms with Gasteiger partial charge in [-0.25, -0.2) is 4.39 Å². The molecule has 0 atom stereocenters. The summed E-state index contributed by atoms with van der Waals surface area (Å²) in [7, 11) is 0. The highest BCUT2D eigenvalue weighted by Gasteiger charge is 2.52. The van der Waals surface area contributed by atoms with Crippen molar-refractivity contribution in [2.75, 3.05) is 0 Å². The summed E-state index contributed by atoms with van der Waals surface area (Å²) < 4.78 is 13.7. The second-order valence-corrected chi connectivity index (χ2v) is 4.93. The first-order valence-corrected chi connectivity index (χ1v) is 5.62. The first-order chi connectivity index (χ1) is 7.45. The Morgan fingerprint density at radius 1 is 1.50 bits per heavy atom. The van der Waals surface area contributed by atoms with Crippen LogP contribution in [0.15, 0.2) is 22.7 Å². The van der Waals surface area contributed by atoms with Gasteiger partial charge in [0.25, 0.3) is 0 Å². The minimum atomic E-state index is -1.15. The van der Waals surface area contributed by atoms with Crippen molar-refractivity contribution in [2.24, 2.45) is 0 Å². The minimum Gasteiger partial charge on any atom is -0.481 e. The Hall–Kier alpha value is -0.940. The summed E-state index contributed by atoms with van der Waals surface area (Å²) in [6, 6.07) is 3.96. The van der Waals surface area contributed by atoms with E-state index < -0.39 is 23.3 Å². The van der Waals surface area contributed by atoms with Crippen LogP contribution in [0, 0.1) is 5.82 Å². The van der Waals surface area contributed by atoms with E-state index in [2.05, 4.69) is 15.9 Å². The maximum Gasteiger partial charge on any atom is 0.314 e. The average molecular weight is 289 g/mol. The number of carboxylic acid groups (broad SMARTS) is 1. The van der Waals surface area contributed by atoms with E-state index in [1.54, 1.807) is 0 Å². The fourth-order valence-electron chi connectivity index (χ4n) is 2.12. The number of aliphatic hydroxyl groups excluding tert-OH is 1. The van der Waals surface area contributed by atoms with Gasteiger partial charge in [0.15, 0.2) is 0 Å². The number of halogens is 2. The fourth-order valence-corrected chi connectivity index (χ4v) is 2.74. The fraction of sp³-hybridized carbons (Fsp3) is 0.364. The third kappa shape index (κ3) is 1.64. The van der Waals surface area contributed by atoms with Crippen molar-refractivity contribution in [1.82, 2.24) is 0 Å². The molecule has 3 nitrogen and oxygen atoms in total. The van der Waals surface area contributed by atoms with Crippen LogP contribution in [0.2, 0.25) is 0 Å². The van der Waals surface area contributed by atoms with Gasteiger partial charge in [-0.15, -0.1) is 0 Å². The Kier molecular flexibility index (Phi) is 2.75. The van der Waals surface area contributed by atoms with Crippen LogP contribution in [-0.2, 0) is 10.2 Å². The Morgan fingerprint density at radius 2 is 2.12 bits per heavy atom. The first-order valence-electron chi connectivity index (χ1n) is 4.83. The predicted octanol–water partition coefficient (Wildman–Crippen LogP) is 2.07. The van der Waals surface area contributed by atoms with Crippen LogP contribution in [0.1, 0.15) is 18.4 Å². The number of rotatable bonds is 2. The molecule has 1 aliphatic carbocycles. The average Bonchev–Trinajstić information content (AvgIpc) is 2.16. The van der Waals surface area contributed by atoms with Crippen LogP contribution in [0.25, 0.3) is 0 Å². The SMILES string of the molecule is O=C(O)C1(c2cc(F)ccc2Br)CC(O)C1. The Morgan fingerprint density at radius 3 is 2.62 bits per heavy atom. The Labute approximate surface area is 100 Å². The molecule has 1 fully saturated rings. The maximum absolute atomic E-state index is 13.1. The van der Waals surface area contributed by atoms with Gasteiger partial charge in [-0.05, 0) is 36.6 Å². The van der Waals surface area contributed by atoms with Gasteiger partial charge >= 0.3 is 5.97 Å². The Balaban J connectivity index is 2.48. The van der Waals surface area contributed by atoms with E-state index in [1.807, 2.05) is 0 Å². The number of benzene rings is 1. The lowest BCUT2D eigenvalue weighted by Gasteiger charge is -2.42. The number of aliphatic hydroxyl groups is 1. The Bertz CT molecular complexity index is 441. The van der Waals surface area contributed by atoms with Gasteiger partial charge in [-0.1, -0.05) is 15.9 Å². The van der Waals surface area contributed by atoms with Crippen molar-refractivity contribution >= 4 is 21.9 Å². The van der Waals surface area contributed by atoms with Crippen molar-refractivity contribution in [3.05, 3.63) is 34.1 Å². The van der Waals surface area contributed by atoms with Gasteiger partial charge < -0.3 is 10.2 Å². The topological polar surface area (TPSA) is 57.5 Å². The van der Waals surface area contributed by atoms with E-state index in [0.29, 0.717) is 10.0 Å². The zero-order chi connectivity index (χ0) is 11.9. The van der Waals surface area contributed by atoms with Gasteiger partial charge in [-0.3, -0.25) is 4.79 Å². The van der Waals surface area contributed by atoms with Crippen molar-refractivity contribution in [2.45, 2.75) is 24.4 Å². The van der Waals surface area contributed by atoms with Crippen LogP contribution in [-0.4, -0.2) is 22.3 Å². The summed E-state index contributed by atoms with van der Waals surface area (Å²) in [6.45, 7) is 0. The summed E-state index contributed by atoms with van der Waals surface area (Å²) in [5.74, 6) is -1.50. The van der Waals surface area contributed by atoms with Crippen molar-refractivity contribution < 1.29 is 19.4 Å². The normalized spacial score (nSPS) is 28.6. The molecule has 0 spiro atoms. The molecule has 0 amide bonds. The molecule has 0 radical (unpaired) electrons. The number of carbonyl (C=O) groups is 1. The summed E-state index contributed by atoms with van der Waals surface area (Å²) in [5.41, 5.74) is -0.759. The van der Waals surface area contributed by atoms with Gasteiger partial charge in [0.2, 0.25) is 0 Å². The van der Waals surface area contributed by atoms with Crippen molar-refractivity contribution in [3.8, 4) is 0 Å². The zero-order valence-electron chi connectivity index (χ0n) is 8.28. The molecule has 1 aromatic rings. The van der Waals surface area contributed by atoms with Crippen LogP contribution >= 0.6 is 15.9 Å². The molecule has 1 saturated carbocycles. The lowest BCUT2D eigenvalue weighted by molar-refractivity contribution is -0.153. The molecule has 0 bridgehead atoms. The molecule has 0 unspecified atom stereocenters. The van der Waals surface area contributed by atoms with E-state index >= 15 is 0 Å². The van der Waals surface area contributed by atoms with Crippen LogP contribution in [0.4, 0.5) is 4.39 Å². The molecule has 2 N–H and O–H groups in total. The highest BCUT2D eigenvalue weighted by atomic mass is 79.9. The lowest BCUT2D eigenvalue weighted by Crippen LogP contribution is -2.50. The van der Waals surface area contributed by atoms with Gasteiger partial charge in [-0.2, -0.15) is 0 Å². The molecule has 16 heavy (non-hydrogen) atoms. The number of aliphatic carboxylic acids is 1. The largest absolute Gasteiger partial charge is 0.481 e. The standard InChI is InChI=1S/C11H10BrFO3/c12-9-2-1-6(13)3-8(9)11(10(15)16)4-7(14)5-11/h1-3,7,14H,4-5H2,(H,15,16). The summed E-state index contributed by atoms with van der Waals surface area (Å²) in [5, 5.41) is 18.5. The van der Waals surface area contributed by atoms with Crippen LogP contribution in [0.5, 0.6) is 0 Å². The van der Waals surface area contributed by atoms with Crippen LogP contribution in [0.3, 0.4) is 0 Å². The monoisotopic (exact) mass is 288 g/mol. The number of hydrogen-bond donors (Lipinski definition) is 2. The number of carboxylic acids is 1. The summed E-state index contributed by atoms with van der Waals surface area (Å²) in [4.78, 5) is 11.3. The van der Waals surface area contributed by atoms with E-state index in [1.165, 1.54) is 18.2 Å². The maximum atomic E-state index is 13.1. The summed E-state index contributed by atoms with van der Waals surface area (Å²) in [6.07, 6.45) is -0.360. The molecular weight excluding hydrogens is 279 g/mol. The molecular formula is C11H10BrFO3. The molecule has 0 saturated heterocycles. The van der Waals surface area contributed by atoms with E-state index in [0.717, 1.165) is 0 Å². The van der Waals surface area contributed by atoms with Gasteiger partial charge in [0, 0.05) is 4.47 Å². The molecule has 86 valence electrons. The van der Waals surface area contributed by atoms with E-state index in [9.17, 15) is 19.4 Å². The minimum absolute atomic E-state index is 0.129. The zero-order valence-corrected chi connectivity index (χ0v) is 9.87. The van der Waals surface area contributed by atoms with E-state index in [-0.39, 0.29) is 12.8 Å². The van der Waals surface area contributed by atoms with Crippen molar-refractivity contribution in [3.63, 3.8) is 0 Å². The second kappa shape index (κ2) is 3.82. The van der Waals surface area contributed by atoms with Crippen LogP contribution < -0.4 is 0 Å². The quantitative estimate of drug-likeness (QED) is 0.876. The molecule has 0 heterocycles. The molecule has 1 aliphatic rings. The third-order valence-electron chi connectivity index (χ3n) is 3.02. The van der Waals surface area contributed by atoms with Gasteiger partial charge in [0.1, 0.15) is 5.82 Å². The molecule has 0 aromatic heterocycles. The molecule has 1 aromatic carbocycles. The van der Waals surface area contributed by atoms with Crippen molar-refractivity contribution in [1.29, 1.82) is 0 Å².